The van der Waals surface area contributed by atoms with Gasteiger partial charge in [-0.2, -0.15) is 0 Å². The fraction of sp³-hybridized carbons (Fsp3) is 0.0556. The van der Waals surface area contributed by atoms with E-state index in [1.807, 2.05) is 6.07 Å². The minimum atomic E-state index is -0.710. The van der Waals surface area contributed by atoms with Crippen LogP contribution in [0.5, 0.6) is 5.75 Å². The van der Waals surface area contributed by atoms with Crippen molar-refractivity contribution >= 4 is 29.5 Å². The predicted octanol–water partition coefficient (Wildman–Crippen LogP) is 3.06. The maximum absolute atomic E-state index is 12.7. The Bertz CT molecular complexity index is 1040. The van der Waals surface area contributed by atoms with Crippen LogP contribution in [0.15, 0.2) is 58.3 Å². The third-order valence-corrected chi connectivity index (χ3v) is 3.84. The fourth-order valence-corrected chi connectivity index (χ4v) is 2.49. The second kappa shape index (κ2) is 7.28. The van der Waals surface area contributed by atoms with Crippen molar-refractivity contribution in [3.05, 3.63) is 75.2 Å². The lowest BCUT2D eigenvalue weighted by atomic mass is 10.2. The number of benzene rings is 2. The van der Waals surface area contributed by atoms with Crippen LogP contribution in [0.4, 0.5) is 5.69 Å². The molecule has 1 aromatic heterocycles. The number of aliphatic imine (C=N–C) groups is 1. The number of aromatic amines is 1. The first-order valence-corrected chi connectivity index (χ1v) is 7.90. The normalized spacial score (nSPS) is 11.0. The highest BCUT2D eigenvalue weighted by Gasteiger charge is 2.20. The van der Waals surface area contributed by atoms with Crippen molar-refractivity contribution in [3.63, 3.8) is 0 Å². The van der Waals surface area contributed by atoms with Crippen molar-refractivity contribution < 1.29 is 14.6 Å². The van der Waals surface area contributed by atoms with Gasteiger partial charge in [-0.3, -0.25) is 14.9 Å². The Kier molecular flexibility index (Phi) is 4.90. The van der Waals surface area contributed by atoms with Gasteiger partial charge in [0.2, 0.25) is 0 Å². The van der Waals surface area contributed by atoms with E-state index in [9.17, 15) is 14.7 Å². The summed E-state index contributed by atoms with van der Waals surface area (Å²) in [6.45, 7) is 0. The van der Waals surface area contributed by atoms with Crippen molar-refractivity contribution in [3.8, 4) is 11.4 Å². The van der Waals surface area contributed by atoms with Gasteiger partial charge in [0, 0.05) is 17.3 Å². The molecule has 0 saturated heterocycles. The van der Waals surface area contributed by atoms with Crippen LogP contribution in [-0.4, -0.2) is 34.2 Å². The van der Waals surface area contributed by atoms with Crippen molar-refractivity contribution in [2.24, 2.45) is 4.99 Å². The van der Waals surface area contributed by atoms with Gasteiger partial charge in [-0.1, -0.05) is 29.8 Å². The molecule has 2 N–H and O–H groups in total. The zero-order valence-electron chi connectivity index (χ0n) is 13.6. The Morgan fingerprint density at radius 3 is 2.65 bits per heavy atom. The number of H-pyrrole nitrogens is 1. The maximum Gasteiger partial charge on any atom is 0.356 e. The van der Waals surface area contributed by atoms with Crippen LogP contribution in [0, 0.1) is 0 Å². The van der Waals surface area contributed by atoms with Crippen molar-refractivity contribution in [1.82, 2.24) is 9.78 Å². The van der Waals surface area contributed by atoms with E-state index in [0.29, 0.717) is 10.7 Å². The number of halogens is 1. The van der Waals surface area contributed by atoms with Crippen LogP contribution < -0.4 is 5.56 Å². The van der Waals surface area contributed by atoms with Gasteiger partial charge >= 0.3 is 5.97 Å². The summed E-state index contributed by atoms with van der Waals surface area (Å²) in [5.41, 5.74) is 0.246. The number of nitrogens with one attached hydrogen (secondary N) is 1. The molecule has 26 heavy (non-hydrogen) atoms. The van der Waals surface area contributed by atoms with E-state index in [-0.39, 0.29) is 22.7 Å². The van der Waals surface area contributed by atoms with Crippen LogP contribution in [0.2, 0.25) is 5.02 Å². The zero-order chi connectivity index (χ0) is 18.7. The van der Waals surface area contributed by atoms with Gasteiger partial charge in [0.1, 0.15) is 11.4 Å². The second-order valence-corrected chi connectivity index (χ2v) is 5.70. The number of carbonyl (C=O) groups excluding carboxylic acids is 1. The lowest BCUT2D eigenvalue weighted by molar-refractivity contribution is 0.0593. The molecule has 0 aliphatic heterocycles. The number of esters is 1. The van der Waals surface area contributed by atoms with Gasteiger partial charge in [-0.05, 0) is 24.3 Å². The summed E-state index contributed by atoms with van der Waals surface area (Å²) in [5.74, 6) is -0.856. The Morgan fingerprint density at radius 1 is 1.27 bits per heavy atom. The highest BCUT2D eigenvalue weighted by Crippen LogP contribution is 2.29. The van der Waals surface area contributed by atoms with E-state index in [4.69, 9.17) is 16.3 Å². The molecular formula is C18H14ClN3O4. The Labute approximate surface area is 153 Å². The van der Waals surface area contributed by atoms with Crippen LogP contribution in [0.3, 0.4) is 0 Å². The first kappa shape index (κ1) is 17.5. The lowest BCUT2D eigenvalue weighted by Crippen LogP contribution is -2.17. The number of aromatic hydroxyl groups is 1. The van der Waals surface area contributed by atoms with Gasteiger partial charge in [0.25, 0.3) is 5.56 Å². The molecule has 132 valence electrons. The molecule has 8 heteroatoms. The van der Waals surface area contributed by atoms with Crippen LogP contribution in [-0.2, 0) is 4.74 Å². The summed E-state index contributed by atoms with van der Waals surface area (Å²) in [6.07, 6.45) is 1.20. The molecule has 0 atom stereocenters. The Balaban J connectivity index is 2.10. The standard InChI is InChI=1S/C18H14ClN3O4/c1-26-18(25)16-13(10-20-14-8-7-11(19)9-15(14)23)17(24)22(21-16)12-5-3-2-4-6-12/h2-10,21,23H,1H3. The summed E-state index contributed by atoms with van der Waals surface area (Å²) < 4.78 is 5.94. The molecule has 0 aliphatic carbocycles. The van der Waals surface area contributed by atoms with Gasteiger partial charge < -0.3 is 9.84 Å². The second-order valence-electron chi connectivity index (χ2n) is 5.26. The molecule has 1 heterocycles. The first-order chi connectivity index (χ1) is 12.5. The van der Waals surface area contributed by atoms with E-state index in [2.05, 4.69) is 10.1 Å². The molecule has 0 aliphatic rings. The molecule has 0 bridgehead atoms. The van der Waals surface area contributed by atoms with E-state index >= 15 is 0 Å². The van der Waals surface area contributed by atoms with Gasteiger partial charge in [0.05, 0.1) is 18.4 Å². The number of para-hydroxylation sites is 1. The minimum absolute atomic E-state index is 0.00931. The summed E-state index contributed by atoms with van der Waals surface area (Å²) >= 11 is 5.78. The summed E-state index contributed by atoms with van der Waals surface area (Å²) in [5, 5.41) is 12.9. The van der Waals surface area contributed by atoms with E-state index in [0.717, 1.165) is 0 Å². The molecule has 0 radical (unpaired) electrons. The molecular weight excluding hydrogens is 358 g/mol. The maximum atomic E-state index is 12.7. The van der Waals surface area contributed by atoms with Crippen molar-refractivity contribution in [2.75, 3.05) is 7.11 Å². The minimum Gasteiger partial charge on any atom is -0.506 e. The Hall–Kier alpha value is -3.32. The third-order valence-electron chi connectivity index (χ3n) is 3.60. The monoisotopic (exact) mass is 371 g/mol. The van der Waals surface area contributed by atoms with Crippen molar-refractivity contribution in [1.29, 1.82) is 0 Å². The van der Waals surface area contributed by atoms with Gasteiger partial charge in [-0.15, -0.1) is 0 Å². The number of carbonyl (C=O) groups is 1. The zero-order valence-corrected chi connectivity index (χ0v) is 14.4. The smallest absolute Gasteiger partial charge is 0.356 e. The van der Waals surface area contributed by atoms with Crippen molar-refractivity contribution in [2.45, 2.75) is 0 Å². The summed E-state index contributed by atoms with van der Waals surface area (Å²) in [4.78, 5) is 28.8. The molecule has 7 nitrogen and oxygen atoms in total. The van der Waals surface area contributed by atoms with E-state index in [1.54, 1.807) is 30.3 Å². The highest BCUT2D eigenvalue weighted by molar-refractivity contribution is 6.30. The molecule has 0 spiro atoms. The average molecular weight is 372 g/mol. The topological polar surface area (TPSA) is 96.7 Å². The number of aromatic nitrogens is 2. The molecule has 3 rings (SSSR count). The largest absolute Gasteiger partial charge is 0.506 e. The van der Waals surface area contributed by atoms with E-state index < -0.39 is 11.5 Å². The highest BCUT2D eigenvalue weighted by atomic mass is 35.5. The number of ether oxygens (including phenoxy) is 1. The number of nitrogens with zero attached hydrogens (tertiary/aromatic N) is 2. The third kappa shape index (κ3) is 3.38. The SMILES string of the molecule is COC(=O)c1[nH]n(-c2ccccc2)c(=O)c1C=Nc1ccc(Cl)cc1O. The summed E-state index contributed by atoms with van der Waals surface area (Å²) in [6, 6.07) is 13.1. The van der Waals surface area contributed by atoms with Gasteiger partial charge in [0.15, 0.2) is 5.69 Å². The van der Waals surface area contributed by atoms with Crippen LogP contribution in [0.25, 0.3) is 5.69 Å². The number of rotatable bonds is 4. The molecule has 3 aromatic rings. The molecule has 0 fully saturated rings. The molecule has 0 unspecified atom stereocenters. The van der Waals surface area contributed by atoms with Gasteiger partial charge in [-0.25, -0.2) is 9.48 Å². The van der Waals surface area contributed by atoms with Crippen LogP contribution >= 0.6 is 11.6 Å². The number of phenols is 1. The molecule has 0 saturated carbocycles. The number of hydrogen-bond acceptors (Lipinski definition) is 5. The van der Waals surface area contributed by atoms with Crippen LogP contribution in [0.1, 0.15) is 16.1 Å². The number of hydrogen-bond donors (Lipinski definition) is 2. The quantitative estimate of drug-likeness (QED) is 0.544. The Morgan fingerprint density at radius 2 is 2.00 bits per heavy atom. The molecule has 0 amide bonds. The predicted molar refractivity (Wildman–Crippen MR) is 98.1 cm³/mol. The molecule has 2 aromatic carbocycles. The number of phenolic OH excluding ortho intramolecular Hbond substituents is 1. The summed E-state index contributed by atoms with van der Waals surface area (Å²) in [7, 11) is 1.21. The average Bonchev–Trinajstić information content (AvgIpc) is 2.97. The van der Waals surface area contributed by atoms with E-state index in [1.165, 1.54) is 30.1 Å². The number of methoxy groups -OCH3 is 1. The lowest BCUT2D eigenvalue weighted by Gasteiger charge is -2.00. The fourth-order valence-electron chi connectivity index (χ4n) is 2.33. The first-order valence-electron chi connectivity index (χ1n) is 7.52.